The summed E-state index contributed by atoms with van der Waals surface area (Å²) in [6.45, 7) is 3.79. The summed E-state index contributed by atoms with van der Waals surface area (Å²) >= 11 is 0. The average molecular weight is 179 g/mol. The van der Waals surface area contributed by atoms with Gasteiger partial charge in [-0.15, -0.1) is 0 Å². The Morgan fingerprint density at radius 2 is 1.85 bits per heavy atom. The standard InChI is InChI=1S/C11H17NO/c1-9(12-3)11(2,13)10-7-5-4-6-8-10/h4-9,12-13H,1-3H3. The minimum absolute atomic E-state index is 0.0369. The van der Waals surface area contributed by atoms with Crippen molar-refractivity contribution in [3.8, 4) is 0 Å². The fourth-order valence-electron chi connectivity index (χ4n) is 1.31. The lowest BCUT2D eigenvalue weighted by molar-refractivity contribution is 0.0242. The third kappa shape index (κ3) is 2.08. The third-order valence-corrected chi connectivity index (χ3v) is 2.63. The summed E-state index contributed by atoms with van der Waals surface area (Å²) in [5, 5.41) is 13.2. The van der Waals surface area contributed by atoms with Gasteiger partial charge in [-0.1, -0.05) is 30.3 Å². The lowest BCUT2D eigenvalue weighted by atomic mass is 9.89. The number of rotatable bonds is 3. The molecule has 0 aliphatic rings. The smallest absolute Gasteiger partial charge is 0.102 e. The highest BCUT2D eigenvalue weighted by Crippen LogP contribution is 2.23. The number of likely N-dealkylation sites (N-methyl/N-ethyl adjacent to an activating group) is 1. The van der Waals surface area contributed by atoms with Crippen LogP contribution in [-0.4, -0.2) is 18.2 Å². The zero-order chi connectivity index (χ0) is 9.90. The van der Waals surface area contributed by atoms with Gasteiger partial charge in [-0.3, -0.25) is 0 Å². The topological polar surface area (TPSA) is 32.3 Å². The molecule has 0 saturated carbocycles. The number of nitrogens with one attached hydrogen (secondary N) is 1. The van der Waals surface area contributed by atoms with Gasteiger partial charge >= 0.3 is 0 Å². The maximum Gasteiger partial charge on any atom is 0.102 e. The number of hydrogen-bond donors (Lipinski definition) is 2. The molecule has 72 valence electrons. The molecule has 2 atom stereocenters. The van der Waals surface area contributed by atoms with Crippen LogP contribution in [0.25, 0.3) is 0 Å². The van der Waals surface area contributed by atoms with Crippen molar-refractivity contribution < 1.29 is 5.11 Å². The van der Waals surface area contributed by atoms with Crippen molar-refractivity contribution in [3.05, 3.63) is 35.9 Å². The van der Waals surface area contributed by atoms with Crippen LogP contribution < -0.4 is 5.32 Å². The van der Waals surface area contributed by atoms with E-state index < -0.39 is 5.60 Å². The molecule has 0 heterocycles. The minimum Gasteiger partial charge on any atom is -0.384 e. The van der Waals surface area contributed by atoms with Gasteiger partial charge in [-0.25, -0.2) is 0 Å². The molecule has 1 rings (SSSR count). The van der Waals surface area contributed by atoms with Crippen molar-refractivity contribution in [1.29, 1.82) is 0 Å². The van der Waals surface area contributed by atoms with Crippen LogP contribution in [0.2, 0.25) is 0 Å². The van der Waals surface area contributed by atoms with Gasteiger partial charge in [0.25, 0.3) is 0 Å². The van der Waals surface area contributed by atoms with E-state index in [1.165, 1.54) is 0 Å². The van der Waals surface area contributed by atoms with Crippen molar-refractivity contribution in [3.63, 3.8) is 0 Å². The van der Waals surface area contributed by atoms with Gasteiger partial charge in [-0.2, -0.15) is 0 Å². The Morgan fingerprint density at radius 1 is 1.31 bits per heavy atom. The molecule has 0 spiro atoms. The molecule has 0 aliphatic heterocycles. The predicted octanol–water partition coefficient (Wildman–Crippen LogP) is 1.50. The normalized spacial score (nSPS) is 17.8. The lowest BCUT2D eigenvalue weighted by Crippen LogP contribution is -2.42. The molecule has 0 aliphatic carbocycles. The third-order valence-electron chi connectivity index (χ3n) is 2.63. The van der Waals surface area contributed by atoms with Crippen LogP contribution in [0.15, 0.2) is 30.3 Å². The molecular formula is C11H17NO. The van der Waals surface area contributed by atoms with Gasteiger partial charge in [0, 0.05) is 6.04 Å². The molecule has 1 aromatic rings. The summed E-state index contributed by atoms with van der Waals surface area (Å²) in [7, 11) is 1.85. The largest absolute Gasteiger partial charge is 0.384 e. The van der Waals surface area contributed by atoms with E-state index >= 15 is 0 Å². The Morgan fingerprint density at radius 3 is 2.31 bits per heavy atom. The first-order valence-corrected chi connectivity index (χ1v) is 4.54. The zero-order valence-electron chi connectivity index (χ0n) is 8.41. The van der Waals surface area contributed by atoms with E-state index in [1.54, 1.807) is 0 Å². The van der Waals surface area contributed by atoms with Crippen molar-refractivity contribution in [2.24, 2.45) is 0 Å². The van der Waals surface area contributed by atoms with Gasteiger partial charge in [0.05, 0.1) is 0 Å². The monoisotopic (exact) mass is 179 g/mol. The van der Waals surface area contributed by atoms with Gasteiger partial charge in [0.15, 0.2) is 0 Å². The molecule has 0 amide bonds. The van der Waals surface area contributed by atoms with Crippen LogP contribution in [0.3, 0.4) is 0 Å². The molecule has 2 N–H and O–H groups in total. The molecule has 0 aromatic heterocycles. The van der Waals surface area contributed by atoms with Crippen LogP contribution in [-0.2, 0) is 5.60 Å². The van der Waals surface area contributed by atoms with E-state index in [4.69, 9.17) is 0 Å². The summed E-state index contributed by atoms with van der Waals surface area (Å²) in [5.41, 5.74) is 0.132. The molecule has 0 radical (unpaired) electrons. The summed E-state index contributed by atoms with van der Waals surface area (Å²) in [6, 6.07) is 9.74. The fraction of sp³-hybridized carbons (Fsp3) is 0.455. The van der Waals surface area contributed by atoms with Crippen LogP contribution >= 0.6 is 0 Å². The molecule has 0 saturated heterocycles. The molecule has 0 fully saturated rings. The van der Waals surface area contributed by atoms with E-state index in [0.29, 0.717) is 0 Å². The number of benzene rings is 1. The van der Waals surface area contributed by atoms with E-state index in [0.717, 1.165) is 5.56 Å². The molecule has 2 unspecified atom stereocenters. The second kappa shape index (κ2) is 3.90. The highest BCUT2D eigenvalue weighted by Gasteiger charge is 2.28. The number of hydrogen-bond acceptors (Lipinski definition) is 2. The molecule has 2 heteroatoms. The Labute approximate surface area is 79.6 Å². The maximum atomic E-state index is 10.2. The second-order valence-corrected chi connectivity index (χ2v) is 3.52. The SMILES string of the molecule is CNC(C)C(C)(O)c1ccccc1. The summed E-state index contributed by atoms with van der Waals surface area (Å²) in [5.74, 6) is 0. The predicted molar refractivity (Wildman–Crippen MR) is 54.5 cm³/mol. The van der Waals surface area contributed by atoms with E-state index in [2.05, 4.69) is 5.32 Å². The van der Waals surface area contributed by atoms with Crippen molar-refractivity contribution in [1.82, 2.24) is 5.32 Å². The van der Waals surface area contributed by atoms with Crippen LogP contribution in [0.5, 0.6) is 0 Å². The summed E-state index contributed by atoms with van der Waals surface area (Å²) in [6.07, 6.45) is 0. The van der Waals surface area contributed by atoms with E-state index in [1.807, 2.05) is 51.2 Å². The first kappa shape index (κ1) is 10.2. The van der Waals surface area contributed by atoms with Gasteiger partial charge < -0.3 is 10.4 Å². The highest BCUT2D eigenvalue weighted by atomic mass is 16.3. The van der Waals surface area contributed by atoms with Crippen LogP contribution in [0.4, 0.5) is 0 Å². The van der Waals surface area contributed by atoms with Crippen molar-refractivity contribution >= 4 is 0 Å². The van der Waals surface area contributed by atoms with Gasteiger partial charge in [0.2, 0.25) is 0 Å². The lowest BCUT2D eigenvalue weighted by Gasteiger charge is -2.30. The highest BCUT2D eigenvalue weighted by molar-refractivity contribution is 5.23. The molecule has 0 bridgehead atoms. The van der Waals surface area contributed by atoms with E-state index in [9.17, 15) is 5.11 Å². The maximum absolute atomic E-state index is 10.2. The average Bonchev–Trinajstić information content (AvgIpc) is 2.18. The van der Waals surface area contributed by atoms with Crippen molar-refractivity contribution in [2.45, 2.75) is 25.5 Å². The first-order valence-electron chi connectivity index (χ1n) is 4.54. The van der Waals surface area contributed by atoms with Crippen LogP contribution in [0, 0.1) is 0 Å². The second-order valence-electron chi connectivity index (χ2n) is 3.52. The molecule has 13 heavy (non-hydrogen) atoms. The van der Waals surface area contributed by atoms with Crippen molar-refractivity contribution in [2.75, 3.05) is 7.05 Å². The number of aliphatic hydroxyl groups is 1. The minimum atomic E-state index is -0.810. The van der Waals surface area contributed by atoms with Gasteiger partial charge in [0.1, 0.15) is 5.60 Å². The summed E-state index contributed by atoms with van der Waals surface area (Å²) in [4.78, 5) is 0. The molecule has 1 aromatic carbocycles. The first-order chi connectivity index (χ1) is 6.09. The quantitative estimate of drug-likeness (QED) is 0.737. The fourth-order valence-corrected chi connectivity index (χ4v) is 1.31. The Kier molecular flexibility index (Phi) is 3.07. The molecular weight excluding hydrogens is 162 g/mol. The summed E-state index contributed by atoms with van der Waals surface area (Å²) < 4.78 is 0. The van der Waals surface area contributed by atoms with E-state index in [-0.39, 0.29) is 6.04 Å². The Hall–Kier alpha value is -0.860. The van der Waals surface area contributed by atoms with Crippen LogP contribution in [0.1, 0.15) is 19.4 Å². The zero-order valence-corrected chi connectivity index (χ0v) is 8.41. The van der Waals surface area contributed by atoms with Gasteiger partial charge in [-0.05, 0) is 26.5 Å². The molecule has 2 nitrogen and oxygen atoms in total. The Balaban J connectivity index is 2.93. The Bertz CT molecular complexity index is 256.